The van der Waals surface area contributed by atoms with Crippen LogP contribution in [0.25, 0.3) is 0 Å². The summed E-state index contributed by atoms with van der Waals surface area (Å²) in [7, 11) is 1.30. The fourth-order valence-corrected chi connectivity index (χ4v) is 4.25. The van der Waals surface area contributed by atoms with E-state index in [0.29, 0.717) is 18.6 Å². The average Bonchev–Trinajstić information content (AvgIpc) is 2.80. The molecular formula is C26H32F4N2O3. The maximum Gasteiger partial charge on any atom is 0.401 e. The van der Waals surface area contributed by atoms with Crippen LogP contribution in [0.3, 0.4) is 0 Å². The predicted octanol–water partition coefficient (Wildman–Crippen LogP) is 4.75. The van der Waals surface area contributed by atoms with Gasteiger partial charge in [-0.1, -0.05) is 24.3 Å². The van der Waals surface area contributed by atoms with Crippen molar-refractivity contribution in [3.63, 3.8) is 0 Å². The van der Waals surface area contributed by atoms with Gasteiger partial charge in [0.2, 0.25) is 0 Å². The van der Waals surface area contributed by atoms with Gasteiger partial charge in [-0.05, 0) is 48.7 Å². The van der Waals surface area contributed by atoms with E-state index in [4.69, 9.17) is 4.74 Å². The Morgan fingerprint density at radius 3 is 2.43 bits per heavy atom. The molecule has 9 heteroatoms. The lowest BCUT2D eigenvalue weighted by Crippen LogP contribution is -2.49. The Bertz CT molecular complexity index is 949. The number of para-hydroxylation sites is 1. The number of carbonyl (C=O) groups is 1. The lowest BCUT2D eigenvalue weighted by Gasteiger charge is -2.37. The molecule has 0 aliphatic carbocycles. The highest BCUT2D eigenvalue weighted by Crippen LogP contribution is 2.28. The van der Waals surface area contributed by atoms with Crippen molar-refractivity contribution in [2.45, 2.75) is 32.1 Å². The molecule has 192 valence electrons. The predicted molar refractivity (Wildman–Crippen MR) is 125 cm³/mol. The van der Waals surface area contributed by atoms with Gasteiger partial charge in [0, 0.05) is 38.1 Å². The van der Waals surface area contributed by atoms with Crippen LogP contribution in [-0.4, -0.2) is 74.6 Å². The number of methoxy groups -OCH3 is 1. The van der Waals surface area contributed by atoms with Crippen LogP contribution in [0.5, 0.6) is 5.75 Å². The molecule has 4 rings (SSSR count). The van der Waals surface area contributed by atoms with Gasteiger partial charge in [0.1, 0.15) is 12.4 Å². The van der Waals surface area contributed by atoms with E-state index in [9.17, 15) is 22.4 Å². The highest BCUT2D eigenvalue weighted by molar-refractivity contribution is 5.89. The lowest BCUT2D eigenvalue weighted by molar-refractivity contribution is -0.152. The fourth-order valence-electron chi connectivity index (χ4n) is 4.25. The number of ether oxygens (including phenoxy) is 2. The van der Waals surface area contributed by atoms with E-state index in [0.717, 1.165) is 36.5 Å². The smallest absolute Gasteiger partial charge is 0.401 e. The molecule has 2 aromatic rings. The quantitative estimate of drug-likeness (QED) is 0.409. The van der Waals surface area contributed by atoms with E-state index in [1.54, 1.807) is 25.1 Å². The Kier molecular flexibility index (Phi) is 9.51. The largest absolute Gasteiger partial charge is 0.492 e. The van der Waals surface area contributed by atoms with E-state index < -0.39 is 18.7 Å². The number of fused-ring (bicyclic) bond motifs is 1. The van der Waals surface area contributed by atoms with Crippen LogP contribution in [0, 0.1) is 5.92 Å². The molecule has 2 aliphatic rings. The maximum atomic E-state index is 12.5. The van der Waals surface area contributed by atoms with Crippen LogP contribution in [0.2, 0.25) is 0 Å². The Morgan fingerprint density at radius 2 is 1.80 bits per heavy atom. The summed E-state index contributed by atoms with van der Waals surface area (Å²) in [5, 5.41) is 0. The third-order valence-electron chi connectivity index (χ3n) is 6.19. The van der Waals surface area contributed by atoms with Gasteiger partial charge in [-0.15, -0.1) is 0 Å². The van der Waals surface area contributed by atoms with Gasteiger partial charge in [0.15, 0.2) is 0 Å². The lowest BCUT2D eigenvalue weighted by atomic mass is 9.93. The molecule has 0 unspecified atom stereocenters. The Labute approximate surface area is 203 Å². The normalized spacial score (nSPS) is 18.6. The van der Waals surface area contributed by atoms with Gasteiger partial charge in [0.25, 0.3) is 0 Å². The maximum absolute atomic E-state index is 12.5. The number of hydrogen-bond donors (Lipinski definition) is 0. The second-order valence-electron chi connectivity index (χ2n) is 8.99. The van der Waals surface area contributed by atoms with Gasteiger partial charge in [-0.25, -0.2) is 4.79 Å². The average molecular weight is 497 g/mol. The van der Waals surface area contributed by atoms with E-state index in [1.165, 1.54) is 12.0 Å². The number of halogens is 4. The summed E-state index contributed by atoms with van der Waals surface area (Å²) in [5.74, 6) is 0.736. The van der Waals surface area contributed by atoms with Gasteiger partial charge in [0.05, 0.1) is 25.9 Å². The number of nitrogens with zero attached hydrogens (tertiary/aromatic N) is 2. The fraction of sp³-hybridized carbons (Fsp3) is 0.500. The Balaban J connectivity index is 0.000000203. The van der Waals surface area contributed by atoms with Crippen molar-refractivity contribution in [1.29, 1.82) is 0 Å². The molecule has 5 nitrogen and oxygen atoms in total. The summed E-state index contributed by atoms with van der Waals surface area (Å²) >= 11 is 0. The molecule has 1 fully saturated rings. The first-order valence-electron chi connectivity index (χ1n) is 11.7. The van der Waals surface area contributed by atoms with Gasteiger partial charge in [-0.3, -0.25) is 14.2 Å². The molecule has 0 saturated carbocycles. The molecule has 0 radical (unpaired) electrons. The third kappa shape index (κ3) is 8.21. The zero-order chi connectivity index (χ0) is 25.4. The molecule has 0 N–H and O–H groups in total. The second-order valence-corrected chi connectivity index (χ2v) is 8.99. The molecule has 35 heavy (non-hydrogen) atoms. The van der Waals surface area contributed by atoms with Gasteiger partial charge >= 0.3 is 12.1 Å². The number of benzene rings is 2. The molecule has 2 heterocycles. The SMILES string of the molecule is COC(=O)c1ccc2c(c1)C[C@@H](C)N(CC(F)(F)F)C2.FCC1CN(CCOc2ccccc2)C1. The van der Waals surface area contributed by atoms with Crippen LogP contribution in [0.15, 0.2) is 48.5 Å². The highest BCUT2D eigenvalue weighted by Gasteiger charge is 2.35. The third-order valence-corrected chi connectivity index (χ3v) is 6.19. The number of esters is 1. The van der Waals surface area contributed by atoms with Crippen LogP contribution >= 0.6 is 0 Å². The Morgan fingerprint density at radius 1 is 1.09 bits per heavy atom. The first-order valence-corrected chi connectivity index (χ1v) is 11.7. The van der Waals surface area contributed by atoms with Crippen molar-refractivity contribution < 1.29 is 31.8 Å². The van der Waals surface area contributed by atoms with Crippen molar-refractivity contribution in [2.24, 2.45) is 5.92 Å². The number of alkyl halides is 4. The number of carbonyl (C=O) groups excluding carboxylic acids is 1. The minimum atomic E-state index is -4.20. The van der Waals surface area contributed by atoms with E-state index in [1.807, 2.05) is 30.3 Å². The van der Waals surface area contributed by atoms with Crippen LogP contribution < -0.4 is 4.74 Å². The van der Waals surface area contributed by atoms with E-state index in [2.05, 4.69) is 9.64 Å². The van der Waals surface area contributed by atoms with Crippen LogP contribution in [-0.2, 0) is 17.7 Å². The number of hydrogen-bond acceptors (Lipinski definition) is 5. The van der Waals surface area contributed by atoms with E-state index in [-0.39, 0.29) is 25.2 Å². The topological polar surface area (TPSA) is 42.0 Å². The molecule has 0 spiro atoms. The number of likely N-dealkylation sites (tertiary alicyclic amines) is 1. The minimum absolute atomic E-state index is 0.184. The minimum Gasteiger partial charge on any atom is -0.492 e. The van der Waals surface area contributed by atoms with Crippen molar-refractivity contribution in [3.8, 4) is 5.75 Å². The van der Waals surface area contributed by atoms with Crippen molar-refractivity contribution in [1.82, 2.24) is 9.80 Å². The van der Waals surface area contributed by atoms with Gasteiger partial charge in [-0.2, -0.15) is 13.2 Å². The summed E-state index contributed by atoms with van der Waals surface area (Å²) in [6, 6.07) is 14.6. The Hall–Kier alpha value is -2.65. The highest BCUT2D eigenvalue weighted by atomic mass is 19.4. The standard InChI is InChI=1S/C14H16F3NO2.C12H16FNO/c1-9-5-12-6-10(13(19)20-2)3-4-11(12)7-18(9)8-14(15,16)17;13-8-11-9-14(10-11)6-7-15-12-4-2-1-3-5-12/h3-4,6,9H,5,7-8H2,1-2H3;1-5,11H,6-10H2/t9-;/m1./s1. The molecule has 1 atom stereocenters. The van der Waals surface area contributed by atoms with Crippen molar-refractivity contribution >= 4 is 5.97 Å². The monoisotopic (exact) mass is 496 g/mol. The summed E-state index contributed by atoms with van der Waals surface area (Å²) in [6.07, 6.45) is -3.70. The summed E-state index contributed by atoms with van der Waals surface area (Å²) in [6.45, 7) is 4.26. The zero-order valence-corrected chi connectivity index (χ0v) is 20.1. The summed E-state index contributed by atoms with van der Waals surface area (Å²) in [5.41, 5.74) is 2.18. The van der Waals surface area contributed by atoms with Gasteiger partial charge < -0.3 is 9.47 Å². The molecular weight excluding hydrogens is 464 g/mol. The first-order chi connectivity index (χ1) is 16.7. The summed E-state index contributed by atoms with van der Waals surface area (Å²) in [4.78, 5) is 15.1. The molecule has 1 saturated heterocycles. The molecule has 0 amide bonds. The second kappa shape index (κ2) is 12.4. The molecule has 2 aromatic carbocycles. The van der Waals surface area contributed by atoms with E-state index >= 15 is 0 Å². The van der Waals surface area contributed by atoms with Crippen molar-refractivity contribution in [2.75, 3.05) is 46.6 Å². The summed E-state index contributed by atoms with van der Waals surface area (Å²) < 4.78 is 59.8. The molecule has 0 bridgehead atoms. The first kappa shape index (κ1) is 26.9. The number of rotatable bonds is 7. The molecule has 2 aliphatic heterocycles. The van der Waals surface area contributed by atoms with Crippen molar-refractivity contribution in [3.05, 3.63) is 65.2 Å². The van der Waals surface area contributed by atoms with Crippen LogP contribution in [0.1, 0.15) is 28.4 Å². The zero-order valence-electron chi connectivity index (χ0n) is 20.1. The van der Waals surface area contributed by atoms with Crippen LogP contribution in [0.4, 0.5) is 17.6 Å². The molecule has 0 aromatic heterocycles.